The minimum Gasteiger partial charge on any atom is -0.399 e. The Bertz CT molecular complexity index is 1030. The van der Waals surface area contributed by atoms with Crippen molar-refractivity contribution in [1.82, 2.24) is 24.6 Å². The third kappa shape index (κ3) is 3.57. The van der Waals surface area contributed by atoms with Crippen molar-refractivity contribution in [1.29, 1.82) is 0 Å². The number of rotatable bonds is 5. The molecule has 1 aliphatic heterocycles. The summed E-state index contributed by atoms with van der Waals surface area (Å²) in [4.78, 5) is 22.7. The monoisotopic (exact) mass is 378 g/mol. The Morgan fingerprint density at radius 3 is 2.79 bits per heavy atom. The Labute approximate surface area is 164 Å². The molecule has 0 aliphatic carbocycles. The van der Waals surface area contributed by atoms with Crippen LogP contribution in [0.4, 0.5) is 5.69 Å². The van der Waals surface area contributed by atoms with Gasteiger partial charge in [-0.3, -0.25) is 14.4 Å². The predicted octanol–water partition coefficient (Wildman–Crippen LogP) is 2.49. The maximum absolute atomic E-state index is 12.7. The van der Waals surface area contributed by atoms with E-state index in [-0.39, 0.29) is 5.56 Å². The number of nitrogens with zero attached hydrogens (tertiary/aromatic N) is 4. The molecule has 0 amide bonds. The maximum atomic E-state index is 12.7. The highest BCUT2D eigenvalue weighted by atomic mass is 16.1. The van der Waals surface area contributed by atoms with Gasteiger partial charge in [-0.05, 0) is 37.6 Å². The fourth-order valence-electron chi connectivity index (χ4n) is 3.71. The van der Waals surface area contributed by atoms with Crippen LogP contribution in [0.5, 0.6) is 0 Å². The summed E-state index contributed by atoms with van der Waals surface area (Å²) < 4.78 is 2.06. The number of hydrogen-bond donors (Lipinski definition) is 2. The quantitative estimate of drug-likeness (QED) is 0.666. The van der Waals surface area contributed by atoms with Gasteiger partial charge in [-0.2, -0.15) is 5.10 Å². The average molecular weight is 378 g/mol. The molecule has 7 nitrogen and oxygen atoms in total. The highest BCUT2D eigenvalue weighted by molar-refractivity contribution is 5.58. The molecular weight excluding hydrogens is 352 g/mol. The third-order valence-electron chi connectivity index (χ3n) is 5.37. The molecule has 0 unspecified atom stereocenters. The van der Waals surface area contributed by atoms with E-state index in [4.69, 9.17) is 10.7 Å². The summed E-state index contributed by atoms with van der Waals surface area (Å²) in [6.07, 6.45) is 3.78. The molecule has 2 aromatic heterocycles. The van der Waals surface area contributed by atoms with Gasteiger partial charge in [0.2, 0.25) is 0 Å². The van der Waals surface area contributed by atoms with Gasteiger partial charge in [0.25, 0.3) is 5.56 Å². The summed E-state index contributed by atoms with van der Waals surface area (Å²) in [6, 6.07) is 7.40. The molecule has 28 heavy (non-hydrogen) atoms. The molecule has 0 spiro atoms. The number of anilines is 1. The molecule has 1 aromatic carbocycles. The van der Waals surface area contributed by atoms with Crippen molar-refractivity contribution < 1.29 is 0 Å². The Hall–Kier alpha value is -2.93. The number of fused-ring (bicyclic) bond motifs is 1. The van der Waals surface area contributed by atoms with Crippen LogP contribution in [0.15, 0.2) is 35.3 Å². The first kappa shape index (κ1) is 18.4. The van der Waals surface area contributed by atoms with Gasteiger partial charge in [0.1, 0.15) is 5.82 Å². The summed E-state index contributed by atoms with van der Waals surface area (Å²) in [5.41, 5.74) is 11.3. The van der Waals surface area contributed by atoms with E-state index in [0.29, 0.717) is 18.1 Å². The zero-order chi connectivity index (χ0) is 19.7. The van der Waals surface area contributed by atoms with Gasteiger partial charge in [0.05, 0.1) is 17.5 Å². The number of nitrogen functional groups attached to an aromatic ring is 1. The predicted molar refractivity (Wildman–Crippen MR) is 110 cm³/mol. The van der Waals surface area contributed by atoms with Crippen molar-refractivity contribution in [2.24, 2.45) is 0 Å². The number of H-pyrrole nitrogens is 1. The van der Waals surface area contributed by atoms with Crippen LogP contribution in [0.25, 0.3) is 11.4 Å². The van der Waals surface area contributed by atoms with Crippen molar-refractivity contribution in [2.45, 2.75) is 46.3 Å². The second-order valence-electron chi connectivity index (χ2n) is 7.40. The molecule has 0 fully saturated rings. The Morgan fingerprint density at radius 1 is 1.25 bits per heavy atom. The number of aryl methyl sites for hydroxylation is 1. The number of nitrogens with two attached hydrogens (primary N) is 1. The van der Waals surface area contributed by atoms with Crippen LogP contribution < -0.4 is 11.3 Å². The lowest BCUT2D eigenvalue weighted by molar-refractivity contribution is 0.241. The minimum absolute atomic E-state index is 0.0556. The first-order valence-corrected chi connectivity index (χ1v) is 9.76. The minimum atomic E-state index is -0.0556. The van der Waals surface area contributed by atoms with E-state index >= 15 is 0 Å². The summed E-state index contributed by atoms with van der Waals surface area (Å²) in [5, 5.41) is 4.49. The molecule has 7 heteroatoms. The van der Waals surface area contributed by atoms with Crippen LogP contribution in [-0.4, -0.2) is 31.2 Å². The molecule has 1 aliphatic rings. The number of aromatic nitrogens is 4. The van der Waals surface area contributed by atoms with E-state index in [9.17, 15) is 4.79 Å². The zero-order valence-corrected chi connectivity index (χ0v) is 16.4. The summed E-state index contributed by atoms with van der Waals surface area (Å²) in [5.74, 6) is 0.605. The van der Waals surface area contributed by atoms with Crippen molar-refractivity contribution in [3.05, 3.63) is 63.3 Å². The normalized spacial score (nSPS) is 14.2. The van der Waals surface area contributed by atoms with E-state index in [0.717, 1.165) is 49.3 Å². The maximum Gasteiger partial charge on any atom is 0.255 e. The van der Waals surface area contributed by atoms with Crippen LogP contribution in [0.3, 0.4) is 0 Å². The number of aromatic amines is 1. The molecular formula is C21H26N6O. The number of benzene rings is 1. The first-order valence-electron chi connectivity index (χ1n) is 9.76. The van der Waals surface area contributed by atoms with Crippen LogP contribution >= 0.6 is 0 Å². The van der Waals surface area contributed by atoms with E-state index in [1.54, 1.807) is 0 Å². The van der Waals surface area contributed by atoms with Crippen LogP contribution in [-0.2, 0) is 26.1 Å². The van der Waals surface area contributed by atoms with Crippen LogP contribution in [0, 0.1) is 6.92 Å². The highest BCUT2D eigenvalue weighted by Gasteiger charge is 2.22. The molecule has 3 N–H and O–H groups in total. The smallest absolute Gasteiger partial charge is 0.255 e. The van der Waals surface area contributed by atoms with Gasteiger partial charge in [0, 0.05) is 55.1 Å². The molecule has 0 saturated heterocycles. The van der Waals surface area contributed by atoms with Gasteiger partial charge in [-0.15, -0.1) is 0 Å². The van der Waals surface area contributed by atoms with E-state index < -0.39 is 0 Å². The van der Waals surface area contributed by atoms with Crippen molar-refractivity contribution in [3.8, 4) is 11.4 Å². The first-order chi connectivity index (χ1) is 13.5. The van der Waals surface area contributed by atoms with E-state index in [1.165, 1.54) is 11.3 Å². The van der Waals surface area contributed by atoms with Gasteiger partial charge >= 0.3 is 0 Å². The molecule has 3 heterocycles. The molecule has 0 saturated carbocycles. The van der Waals surface area contributed by atoms with Gasteiger partial charge < -0.3 is 10.7 Å². The molecule has 0 atom stereocenters. The largest absolute Gasteiger partial charge is 0.399 e. The molecule has 146 valence electrons. The van der Waals surface area contributed by atoms with Gasteiger partial charge in [-0.1, -0.05) is 6.92 Å². The molecule has 3 aromatic rings. The Morgan fingerprint density at radius 2 is 2.04 bits per heavy atom. The fourth-order valence-corrected chi connectivity index (χ4v) is 3.71. The van der Waals surface area contributed by atoms with Crippen LogP contribution in [0.1, 0.15) is 35.9 Å². The van der Waals surface area contributed by atoms with Crippen molar-refractivity contribution in [2.75, 3.05) is 12.3 Å². The molecule has 0 bridgehead atoms. The third-order valence-corrected chi connectivity index (χ3v) is 5.37. The van der Waals surface area contributed by atoms with E-state index in [1.807, 2.05) is 30.5 Å². The van der Waals surface area contributed by atoms with Crippen LogP contribution in [0.2, 0.25) is 0 Å². The van der Waals surface area contributed by atoms with Gasteiger partial charge in [-0.25, -0.2) is 4.98 Å². The number of hydrogen-bond acceptors (Lipinski definition) is 5. The van der Waals surface area contributed by atoms with Crippen molar-refractivity contribution in [3.63, 3.8) is 0 Å². The summed E-state index contributed by atoms with van der Waals surface area (Å²) in [6.45, 7) is 7.49. The summed E-state index contributed by atoms with van der Waals surface area (Å²) >= 11 is 0. The lowest BCUT2D eigenvalue weighted by Crippen LogP contribution is -2.35. The topological polar surface area (TPSA) is 92.8 Å². The lowest BCUT2D eigenvalue weighted by atomic mass is 10.1. The highest BCUT2D eigenvalue weighted by Crippen LogP contribution is 2.21. The van der Waals surface area contributed by atoms with Gasteiger partial charge in [0.15, 0.2) is 0 Å². The summed E-state index contributed by atoms with van der Waals surface area (Å²) in [7, 11) is 0. The SMILES string of the molecule is CCCn1ncc(CN2CCc3nc(-c4ccc(N)cc4)[nH]c(=O)c3C2)c1C. The molecule has 4 rings (SSSR count). The fraction of sp³-hybridized carbons (Fsp3) is 0.381. The zero-order valence-electron chi connectivity index (χ0n) is 16.4. The number of nitrogens with one attached hydrogen (secondary N) is 1. The standard InChI is InChI=1S/C21H26N6O/c1-3-9-27-14(2)16(11-23-27)12-26-10-8-19-18(13-26)21(28)25-20(24-19)15-4-6-17(22)7-5-15/h4-7,11H,3,8-10,12-13,22H2,1-2H3,(H,24,25,28). The van der Waals surface area contributed by atoms with E-state index in [2.05, 4.69) is 33.5 Å². The van der Waals surface area contributed by atoms with Crippen molar-refractivity contribution >= 4 is 5.69 Å². The second-order valence-corrected chi connectivity index (χ2v) is 7.40. The lowest BCUT2D eigenvalue weighted by Gasteiger charge is -2.27. The average Bonchev–Trinajstić information content (AvgIpc) is 3.03. The molecule has 0 radical (unpaired) electrons. The Kier molecular flexibility index (Phi) is 5.00. The Balaban J connectivity index is 1.54. The second kappa shape index (κ2) is 7.59.